The number of likely N-dealkylation sites (tertiary alicyclic amines) is 1. The van der Waals surface area contributed by atoms with E-state index in [1.165, 1.54) is 0 Å². The molecule has 4 heterocycles. The quantitative estimate of drug-likeness (QED) is 0.805. The largest absolute Gasteiger partial charge is 0.371 e. The van der Waals surface area contributed by atoms with E-state index in [1.807, 2.05) is 53.2 Å². The van der Waals surface area contributed by atoms with Crippen molar-refractivity contribution < 1.29 is 9.53 Å². The van der Waals surface area contributed by atoms with Gasteiger partial charge < -0.3 is 9.64 Å². The number of thiophene rings is 1. The molecule has 132 valence electrons. The maximum absolute atomic E-state index is 12.3. The van der Waals surface area contributed by atoms with E-state index in [-0.39, 0.29) is 16.8 Å². The average Bonchev–Trinajstić information content (AvgIpc) is 3.21. The number of nitrogens with zero attached hydrogens (tertiary/aromatic N) is 2. The van der Waals surface area contributed by atoms with Gasteiger partial charge in [0.05, 0.1) is 29.6 Å². The molecule has 2 aromatic heterocycles. The maximum atomic E-state index is 12.3. The van der Waals surface area contributed by atoms with Crippen molar-refractivity contribution in [2.75, 3.05) is 18.8 Å². The summed E-state index contributed by atoms with van der Waals surface area (Å²) in [6.45, 7) is 4.30. The van der Waals surface area contributed by atoms with Gasteiger partial charge in [0, 0.05) is 24.5 Å². The molecule has 1 atom stereocenters. The van der Waals surface area contributed by atoms with Gasteiger partial charge in [-0.25, -0.2) is 0 Å². The second kappa shape index (κ2) is 7.09. The standard InChI is InChI=1S/C19H22N2O2S2/c1-14-3-2-4-16(20-14)9-23-17-8-19(25-11-17)12-21(13-19)18(22)7-15-5-6-24-10-15/h2-6,10,17H,7-9,11-13H2,1H3/t17-/m1/s1. The number of pyridine rings is 1. The van der Waals surface area contributed by atoms with Crippen LogP contribution in [0.15, 0.2) is 35.0 Å². The summed E-state index contributed by atoms with van der Waals surface area (Å²) in [4.78, 5) is 18.8. The van der Waals surface area contributed by atoms with Crippen molar-refractivity contribution in [3.63, 3.8) is 0 Å². The molecule has 1 spiro atoms. The first kappa shape index (κ1) is 17.1. The van der Waals surface area contributed by atoms with Crippen LogP contribution in [0.1, 0.15) is 23.4 Å². The first-order valence-electron chi connectivity index (χ1n) is 8.59. The SMILES string of the molecule is Cc1cccc(CO[C@H]2CSC3(C2)CN(C(=O)Cc2ccsc2)C3)n1. The number of carbonyl (C=O) groups excluding carboxylic acids is 1. The zero-order valence-electron chi connectivity index (χ0n) is 14.3. The zero-order chi connectivity index (χ0) is 17.3. The van der Waals surface area contributed by atoms with E-state index in [4.69, 9.17) is 4.74 Å². The molecule has 0 radical (unpaired) electrons. The average molecular weight is 375 g/mol. The molecule has 1 amide bonds. The van der Waals surface area contributed by atoms with Gasteiger partial charge in [0.2, 0.25) is 5.91 Å². The highest BCUT2D eigenvalue weighted by molar-refractivity contribution is 8.01. The Kier molecular flexibility index (Phi) is 4.84. The van der Waals surface area contributed by atoms with Gasteiger partial charge in [0.15, 0.2) is 0 Å². The predicted molar refractivity (Wildman–Crippen MR) is 102 cm³/mol. The van der Waals surface area contributed by atoms with Gasteiger partial charge in [-0.2, -0.15) is 11.3 Å². The number of carbonyl (C=O) groups is 1. The third-order valence-corrected chi connectivity index (χ3v) is 7.14. The Balaban J connectivity index is 1.24. The van der Waals surface area contributed by atoms with Gasteiger partial charge in [0.1, 0.15) is 0 Å². The van der Waals surface area contributed by atoms with Crippen LogP contribution in [0.4, 0.5) is 0 Å². The fourth-order valence-electron chi connectivity index (χ4n) is 3.52. The van der Waals surface area contributed by atoms with Gasteiger partial charge in [-0.05, 0) is 47.9 Å². The van der Waals surface area contributed by atoms with Crippen LogP contribution in [0, 0.1) is 6.92 Å². The molecule has 4 nitrogen and oxygen atoms in total. The fourth-order valence-corrected chi connectivity index (χ4v) is 5.74. The van der Waals surface area contributed by atoms with Crippen LogP contribution < -0.4 is 0 Å². The third-order valence-electron chi connectivity index (χ3n) is 4.83. The number of aryl methyl sites for hydroxylation is 1. The van der Waals surface area contributed by atoms with E-state index in [1.54, 1.807) is 11.3 Å². The Labute approximate surface area is 156 Å². The molecule has 2 fully saturated rings. The number of rotatable bonds is 5. The Morgan fingerprint density at radius 1 is 1.40 bits per heavy atom. The lowest BCUT2D eigenvalue weighted by molar-refractivity contribution is -0.136. The molecular formula is C19H22N2O2S2. The van der Waals surface area contributed by atoms with E-state index in [0.29, 0.717) is 13.0 Å². The van der Waals surface area contributed by atoms with Crippen molar-refractivity contribution >= 4 is 29.0 Å². The molecule has 0 bridgehead atoms. The van der Waals surface area contributed by atoms with Crippen LogP contribution in [0.25, 0.3) is 0 Å². The molecule has 2 aliphatic rings. The van der Waals surface area contributed by atoms with Crippen molar-refractivity contribution in [1.29, 1.82) is 0 Å². The number of thioether (sulfide) groups is 1. The smallest absolute Gasteiger partial charge is 0.227 e. The zero-order valence-corrected chi connectivity index (χ0v) is 15.9. The van der Waals surface area contributed by atoms with Gasteiger partial charge in [0.25, 0.3) is 0 Å². The van der Waals surface area contributed by atoms with E-state index < -0.39 is 0 Å². The molecule has 2 aliphatic heterocycles. The van der Waals surface area contributed by atoms with Crippen LogP contribution in [-0.2, 0) is 22.6 Å². The van der Waals surface area contributed by atoms with Gasteiger partial charge in [-0.15, -0.1) is 11.8 Å². The molecule has 4 rings (SSSR count). The van der Waals surface area contributed by atoms with E-state index in [2.05, 4.69) is 10.4 Å². The summed E-state index contributed by atoms with van der Waals surface area (Å²) in [6, 6.07) is 8.07. The molecule has 2 saturated heterocycles. The lowest BCUT2D eigenvalue weighted by atomic mass is 9.92. The molecule has 0 aliphatic carbocycles. The number of hydrogen-bond donors (Lipinski definition) is 0. The Morgan fingerprint density at radius 2 is 2.28 bits per heavy atom. The summed E-state index contributed by atoms with van der Waals surface area (Å²) in [7, 11) is 0. The summed E-state index contributed by atoms with van der Waals surface area (Å²) >= 11 is 3.62. The van der Waals surface area contributed by atoms with Gasteiger partial charge >= 0.3 is 0 Å². The van der Waals surface area contributed by atoms with Crippen LogP contribution >= 0.6 is 23.1 Å². The van der Waals surface area contributed by atoms with Crippen molar-refractivity contribution in [1.82, 2.24) is 9.88 Å². The monoisotopic (exact) mass is 374 g/mol. The Bertz CT molecular complexity index is 742. The maximum Gasteiger partial charge on any atom is 0.227 e. The molecule has 6 heteroatoms. The normalized spacial score (nSPS) is 21.5. The summed E-state index contributed by atoms with van der Waals surface area (Å²) in [6.07, 6.45) is 1.83. The van der Waals surface area contributed by atoms with Crippen molar-refractivity contribution in [2.45, 2.75) is 37.2 Å². The first-order chi connectivity index (χ1) is 12.1. The van der Waals surface area contributed by atoms with Crippen molar-refractivity contribution in [2.24, 2.45) is 0 Å². The van der Waals surface area contributed by atoms with Crippen LogP contribution in [0.2, 0.25) is 0 Å². The molecule has 0 saturated carbocycles. The van der Waals surface area contributed by atoms with Gasteiger partial charge in [-0.1, -0.05) is 6.07 Å². The number of aromatic nitrogens is 1. The number of amides is 1. The second-order valence-corrected chi connectivity index (χ2v) is 9.23. The number of ether oxygens (including phenoxy) is 1. The Hall–Kier alpha value is -1.37. The summed E-state index contributed by atoms with van der Waals surface area (Å²) < 4.78 is 6.29. The van der Waals surface area contributed by atoms with Crippen molar-refractivity contribution in [3.05, 3.63) is 52.0 Å². The summed E-state index contributed by atoms with van der Waals surface area (Å²) in [5.41, 5.74) is 3.14. The highest BCUT2D eigenvalue weighted by Gasteiger charge is 2.50. The highest BCUT2D eigenvalue weighted by atomic mass is 32.2. The topological polar surface area (TPSA) is 42.4 Å². The minimum atomic E-state index is 0.217. The third kappa shape index (κ3) is 3.91. The van der Waals surface area contributed by atoms with Crippen LogP contribution in [-0.4, -0.2) is 45.5 Å². The molecule has 2 aromatic rings. The fraction of sp³-hybridized carbons (Fsp3) is 0.474. The predicted octanol–water partition coefficient (Wildman–Crippen LogP) is 3.30. The second-order valence-electron chi connectivity index (χ2n) is 6.96. The van der Waals surface area contributed by atoms with E-state index >= 15 is 0 Å². The highest BCUT2D eigenvalue weighted by Crippen LogP contribution is 2.46. The van der Waals surface area contributed by atoms with Crippen molar-refractivity contribution in [3.8, 4) is 0 Å². The lowest BCUT2D eigenvalue weighted by Crippen LogP contribution is -2.61. The summed E-state index contributed by atoms with van der Waals surface area (Å²) in [5.74, 6) is 1.26. The summed E-state index contributed by atoms with van der Waals surface area (Å²) in [5, 5.41) is 4.08. The van der Waals surface area contributed by atoms with Crippen LogP contribution in [0.5, 0.6) is 0 Å². The minimum Gasteiger partial charge on any atom is -0.371 e. The molecule has 0 N–H and O–H groups in total. The lowest BCUT2D eigenvalue weighted by Gasteiger charge is -2.47. The number of hydrogen-bond acceptors (Lipinski definition) is 5. The first-order valence-corrected chi connectivity index (χ1v) is 10.5. The minimum absolute atomic E-state index is 0.217. The molecule has 25 heavy (non-hydrogen) atoms. The van der Waals surface area contributed by atoms with Crippen LogP contribution in [0.3, 0.4) is 0 Å². The van der Waals surface area contributed by atoms with E-state index in [9.17, 15) is 4.79 Å². The van der Waals surface area contributed by atoms with E-state index in [0.717, 1.165) is 42.2 Å². The molecule has 0 unspecified atom stereocenters. The molecule has 0 aromatic carbocycles. The Morgan fingerprint density at radius 3 is 3.04 bits per heavy atom. The molecular weight excluding hydrogens is 352 g/mol. The van der Waals surface area contributed by atoms with Gasteiger partial charge in [-0.3, -0.25) is 9.78 Å².